The average molecular weight is 470 g/mol. The molecule has 1 aromatic rings. The second-order valence-electron chi connectivity index (χ2n) is 11.1. The molecule has 0 unspecified atom stereocenters. The summed E-state index contributed by atoms with van der Waals surface area (Å²) >= 11 is 0. The Kier molecular flexibility index (Phi) is 7.86. The number of aliphatic carboxylic acids is 1. The lowest BCUT2D eigenvalue weighted by Gasteiger charge is -2.37. The third kappa shape index (κ3) is 6.69. The number of amides is 1. The summed E-state index contributed by atoms with van der Waals surface area (Å²) in [4.78, 5) is 32.6. The van der Waals surface area contributed by atoms with Crippen LogP contribution >= 0.6 is 0 Å². The zero-order valence-corrected chi connectivity index (χ0v) is 21.4. The van der Waals surface area contributed by atoms with Crippen molar-refractivity contribution in [3.63, 3.8) is 0 Å². The third-order valence-electron chi connectivity index (χ3n) is 6.71. The number of pyridine rings is 1. The van der Waals surface area contributed by atoms with Gasteiger partial charge in [0.2, 0.25) is 0 Å². The summed E-state index contributed by atoms with van der Waals surface area (Å²) in [5.41, 5.74) is 3.30. The first-order valence-corrected chi connectivity index (χ1v) is 12.2. The Morgan fingerprint density at radius 2 is 2.06 bits per heavy atom. The molecule has 3 rings (SSSR count). The first-order valence-electron chi connectivity index (χ1n) is 12.2. The minimum absolute atomic E-state index is 0.0460. The lowest BCUT2D eigenvalue weighted by Crippen LogP contribution is -2.45. The molecule has 0 spiro atoms. The topological polar surface area (TPSA) is 83.0 Å². The van der Waals surface area contributed by atoms with Gasteiger partial charge < -0.3 is 9.84 Å². The zero-order chi connectivity index (χ0) is 25.1. The number of hydrogen-bond acceptors (Lipinski definition) is 5. The molecular weight excluding hydrogens is 430 g/mol. The minimum atomic E-state index is -1.02. The highest BCUT2D eigenvalue weighted by atomic mass is 16.6. The van der Waals surface area contributed by atoms with Crippen molar-refractivity contribution in [1.29, 1.82) is 0 Å². The molecule has 7 nitrogen and oxygen atoms in total. The Hall–Kier alpha value is -2.67. The summed E-state index contributed by atoms with van der Waals surface area (Å²) in [5, 5.41) is 8.85. The number of aromatic nitrogens is 1. The highest BCUT2D eigenvalue weighted by molar-refractivity contribution is 5.88. The molecule has 34 heavy (non-hydrogen) atoms. The number of ether oxygens (including phenoxy) is 1. The summed E-state index contributed by atoms with van der Waals surface area (Å²) in [7, 11) is 0. The molecule has 186 valence electrons. The molecule has 7 heteroatoms. The minimum Gasteiger partial charge on any atom is -0.478 e. The van der Waals surface area contributed by atoms with Crippen LogP contribution in [0.5, 0.6) is 0 Å². The van der Waals surface area contributed by atoms with E-state index in [0.29, 0.717) is 11.4 Å². The Balaban J connectivity index is 1.80. The summed E-state index contributed by atoms with van der Waals surface area (Å²) in [5.74, 6) is -0.501. The van der Waals surface area contributed by atoms with Gasteiger partial charge in [-0.15, -0.1) is 0 Å². The van der Waals surface area contributed by atoms with E-state index in [2.05, 4.69) is 30.7 Å². The third-order valence-corrected chi connectivity index (χ3v) is 6.71. The number of carboxylic acid groups (broad SMARTS) is 1. The number of rotatable bonds is 6. The lowest BCUT2D eigenvalue weighted by atomic mass is 9.72. The van der Waals surface area contributed by atoms with E-state index >= 15 is 0 Å². The molecule has 0 radical (unpaired) electrons. The second kappa shape index (κ2) is 10.3. The molecule has 2 aliphatic rings. The molecule has 0 bridgehead atoms. The number of carbonyl (C=O) groups excluding carboxylic acids is 1. The highest BCUT2D eigenvalue weighted by Gasteiger charge is 2.37. The van der Waals surface area contributed by atoms with E-state index in [1.165, 1.54) is 36.5 Å². The first-order chi connectivity index (χ1) is 15.9. The van der Waals surface area contributed by atoms with Gasteiger partial charge in [-0.25, -0.2) is 14.6 Å². The predicted octanol–water partition coefficient (Wildman–Crippen LogP) is 5.52. The molecule has 1 aliphatic carbocycles. The number of hydrogen-bond donors (Lipinski definition) is 1. The first kappa shape index (κ1) is 25.9. The fourth-order valence-corrected chi connectivity index (χ4v) is 4.96. The van der Waals surface area contributed by atoms with Crippen molar-refractivity contribution in [2.45, 2.75) is 78.9 Å². The van der Waals surface area contributed by atoms with E-state index < -0.39 is 17.7 Å². The van der Waals surface area contributed by atoms with Crippen molar-refractivity contribution in [3.8, 4) is 0 Å². The van der Waals surface area contributed by atoms with Gasteiger partial charge in [0, 0.05) is 31.9 Å². The number of nitrogens with zero attached hydrogens (tertiary/aromatic N) is 3. The maximum Gasteiger partial charge on any atom is 0.416 e. The molecule has 1 aromatic heterocycles. The van der Waals surface area contributed by atoms with Gasteiger partial charge >= 0.3 is 12.1 Å². The van der Waals surface area contributed by atoms with Crippen LogP contribution < -0.4 is 4.90 Å². The van der Waals surface area contributed by atoms with E-state index in [1.54, 1.807) is 23.2 Å². The van der Waals surface area contributed by atoms with Gasteiger partial charge in [0.05, 0.1) is 6.04 Å². The van der Waals surface area contributed by atoms with Crippen LogP contribution in [0.4, 0.5) is 10.6 Å². The number of anilines is 1. The standard InChI is InChI=1S/C27H39N3O4/c1-19-8-7-14-27(5,6)22(19)18-29-15-13-21(17-29)30(25(33)34-26(2,3)4)23-11-9-20(16-28-23)10-12-24(31)32/h9-12,16,21H,7-8,13-15,17-18H2,1-6H3,(H,31,32)/b12-10+/t21-/m1/s1. The molecule has 1 atom stereocenters. The van der Waals surface area contributed by atoms with E-state index in [4.69, 9.17) is 9.84 Å². The van der Waals surface area contributed by atoms with Crippen LogP contribution in [-0.4, -0.2) is 58.3 Å². The Morgan fingerprint density at radius 1 is 1.32 bits per heavy atom. The quantitative estimate of drug-likeness (QED) is 0.436. The average Bonchev–Trinajstić information content (AvgIpc) is 3.17. The van der Waals surface area contributed by atoms with Crippen molar-refractivity contribution in [2.75, 3.05) is 24.5 Å². The molecule has 1 amide bonds. The molecule has 0 saturated carbocycles. The van der Waals surface area contributed by atoms with E-state index in [0.717, 1.165) is 32.1 Å². The zero-order valence-electron chi connectivity index (χ0n) is 21.4. The largest absolute Gasteiger partial charge is 0.478 e. The van der Waals surface area contributed by atoms with Gasteiger partial charge in [-0.3, -0.25) is 9.80 Å². The van der Waals surface area contributed by atoms with Gasteiger partial charge in [-0.1, -0.05) is 25.0 Å². The molecule has 2 heterocycles. The van der Waals surface area contributed by atoms with Gasteiger partial charge in [0.1, 0.15) is 11.4 Å². The monoisotopic (exact) mass is 469 g/mol. The number of carbonyl (C=O) groups is 2. The van der Waals surface area contributed by atoms with Crippen molar-refractivity contribution >= 4 is 24.0 Å². The SMILES string of the molecule is CC1=C(CN2CC[C@@H](N(C(=O)OC(C)(C)C)c3ccc(/C=C/C(=O)O)cn3)C2)C(C)(C)CCC1. The van der Waals surface area contributed by atoms with Crippen LogP contribution in [0.1, 0.15) is 72.8 Å². The Morgan fingerprint density at radius 3 is 2.65 bits per heavy atom. The van der Waals surface area contributed by atoms with Crippen LogP contribution in [-0.2, 0) is 9.53 Å². The van der Waals surface area contributed by atoms with Crippen LogP contribution in [0.15, 0.2) is 35.6 Å². The van der Waals surface area contributed by atoms with Crippen molar-refractivity contribution < 1.29 is 19.4 Å². The number of likely N-dealkylation sites (tertiary alicyclic amines) is 1. The van der Waals surface area contributed by atoms with Crippen LogP contribution in [0.2, 0.25) is 0 Å². The van der Waals surface area contributed by atoms with Gasteiger partial charge in [0.15, 0.2) is 0 Å². The summed E-state index contributed by atoms with van der Waals surface area (Å²) in [6.45, 7) is 15.1. The van der Waals surface area contributed by atoms with Crippen molar-refractivity contribution in [3.05, 3.63) is 41.1 Å². The maximum atomic E-state index is 13.2. The molecular formula is C27H39N3O4. The van der Waals surface area contributed by atoms with E-state index in [1.807, 2.05) is 20.8 Å². The summed E-state index contributed by atoms with van der Waals surface area (Å²) in [6.07, 6.45) is 8.21. The van der Waals surface area contributed by atoms with Gasteiger partial charge in [0.25, 0.3) is 0 Å². The van der Waals surface area contributed by atoms with Crippen LogP contribution in [0.3, 0.4) is 0 Å². The smallest absolute Gasteiger partial charge is 0.416 e. The van der Waals surface area contributed by atoms with Gasteiger partial charge in [-0.05, 0) is 82.6 Å². The molecule has 1 N–H and O–H groups in total. The Bertz CT molecular complexity index is 957. The molecule has 1 fully saturated rings. The van der Waals surface area contributed by atoms with Gasteiger partial charge in [-0.2, -0.15) is 0 Å². The molecule has 0 aromatic carbocycles. The van der Waals surface area contributed by atoms with Crippen molar-refractivity contribution in [1.82, 2.24) is 9.88 Å². The predicted molar refractivity (Wildman–Crippen MR) is 135 cm³/mol. The van der Waals surface area contributed by atoms with E-state index in [9.17, 15) is 9.59 Å². The molecule has 1 aliphatic heterocycles. The van der Waals surface area contributed by atoms with Crippen molar-refractivity contribution in [2.24, 2.45) is 5.41 Å². The Labute approximate surface area is 203 Å². The fourth-order valence-electron chi connectivity index (χ4n) is 4.96. The number of allylic oxidation sites excluding steroid dienone is 1. The number of carboxylic acids is 1. The molecule has 1 saturated heterocycles. The highest BCUT2D eigenvalue weighted by Crippen LogP contribution is 2.41. The lowest BCUT2D eigenvalue weighted by molar-refractivity contribution is -0.131. The van der Waals surface area contributed by atoms with Crippen LogP contribution in [0, 0.1) is 5.41 Å². The van der Waals surface area contributed by atoms with Crippen LogP contribution in [0.25, 0.3) is 6.08 Å². The summed E-state index contributed by atoms with van der Waals surface area (Å²) in [6, 6.07) is 3.48. The fraction of sp³-hybridized carbons (Fsp3) is 0.593. The summed E-state index contributed by atoms with van der Waals surface area (Å²) < 4.78 is 5.74. The second-order valence-corrected chi connectivity index (χ2v) is 11.1. The van der Waals surface area contributed by atoms with E-state index in [-0.39, 0.29) is 11.5 Å². The normalized spacial score (nSPS) is 21.2. The maximum absolute atomic E-state index is 13.2.